The van der Waals surface area contributed by atoms with Gasteiger partial charge in [-0.2, -0.15) is 4.39 Å². The van der Waals surface area contributed by atoms with E-state index in [0.29, 0.717) is 38.1 Å². The molecule has 2 aliphatic rings. The number of imidazole rings is 1. The van der Waals surface area contributed by atoms with E-state index in [2.05, 4.69) is 4.98 Å². The van der Waals surface area contributed by atoms with E-state index in [1.165, 1.54) is 15.5 Å². The normalized spacial score (nSPS) is 23.4. The predicted molar refractivity (Wildman–Crippen MR) is 91.0 cm³/mol. The maximum Gasteiger partial charge on any atom is 0.277 e. The summed E-state index contributed by atoms with van der Waals surface area (Å²) in [6.45, 7) is 1.56. The van der Waals surface area contributed by atoms with Gasteiger partial charge in [0.2, 0.25) is 11.9 Å². The van der Waals surface area contributed by atoms with Crippen LogP contribution in [0.3, 0.4) is 0 Å². The molecule has 1 spiro atoms. The van der Waals surface area contributed by atoms with Crippen molar-refractivity contribution < 1.29 is 19.1 Å². The first kappa shape index (κ1) is 17.0. The summed E-state index contributed by atoms with van der Waals surface area (Å²) in [4.78, 5) is 33.0. The van der Waals surface area contributed by atoms with Crippen LogP contribution in [0.5, 0.6) is 0 Å². The molecule has 1 atom stereocenters. The predicted octanol–water partition coefficient (Wildman–Crippen LogP) is 0.920. The summed E-state index contributed by atoms with van der Waals surface area (Å²) in [6.07, 6.45) is 3.65. The van der Waals surface area contributed by atoms with E-state index in [1.54, 1.807) is 23.1 Å². The molecule has 0 aromatic carbocycles. The summed E-state index contributed by atoms with van der Waals surface area (Å²) in [5.41, 5.74) is -0.438. The zero-order valence-electron chi connectivity index (χ0n) is 14.4. The Kier molecular flexibility index (Phi) is 4.14. The summed E-state index contributed by atoms with van der Waals surface area (Å²) >= 11 is 0. The first-order valence-electron chi connectivity index (χ1n) is 8.88. The van der Waals surface area contributed by atoms with Gasteiger partial charge < -0.3 is 14.9 Å². The number of hydrogen-bond donors (Lipinski definition) is 1. The van der Waals surface area contributed by atoms with Gasteiger partial charge in [-0.25, -0.2) is 4.98 Å². The number of carbonyl (C=O) groups excluding carboxylic acids is 2. The van der Waals surface area contributed by atoms with E-state index in [-0.39, 0.29) is 24.8 Å². The highest BCUT2D eigenvalue weighted by Crippen LogP contribution is 2.40. The number of likely N-dealkylation sites (tertiary alicyclic amines) is 2. The van der Waals surface area contributed by atoms with Crippen molar-refractivity contribution in [2.24, 2.45) is 5.41 Å². The molecule has 2 aromatic heterocycles. The summed E-state index contributed by atoms with van der Waals surface area (Å²) in [5, 5.41) is 9.15. The summed E-state index contributed by atoms with van der Waals surface area (Å²) in [6, 6.07) is 5.05. The fraction of sp³-hybridized carbons (Fsp3) is 0.500. The van der Waals surface area contributed by atoms with Gasteiger partial charge in [-0.1, -0.05) is 6.07 Å². The second-order valence-corrected chi connectivity index (χ2v) is 7.06. The number of amides is 2. The van der Waals surface area contributed by atoms with E-state index < -0.39 is 17.3 Å². The number of aliphatic hydroxyl groups is 1. The smallest absolute Gasteiger partial charge is 0.277 e. The molecule has 0 bridgehead atoms. The number of piperidine rings is 1. The Morgan fingerprint density at radius 1 is 1.31 bits per heavy atom. The van der Waals surface area contributed by atoms with Crippen molar-refractivity contribution in [3.8, 4) is 0 Å². The van der Waals surface area contributed by atoms with Gasteiger partial charge in [-0.3, -0.25) is 14.0 Å². The average Bonchev–Trinajstić information content (AvgIpc) is 3.22. The summed E-state index contributed by atoms with van der Waals surface area (Å²) in [5.74, 6) is -1.16. The molecular formula is C18H21FN4O3. The minimum atomic E-state index is -0.677. The van der Waals surface area contributed by atoms with Gasteiger partial charge in [0.15, 0.2) is 5.69 Å². The van der Waals surface area contributed by atoms with E-state index in [9.17, 15) is 14.0 Å². The first-order chi connectivity index (χ1) is 12.6. The maximum absolute atomic E-state index is 14.6. The minimum Gasteiger partial charge on any atom is -0.395 e. The Hall–Kier alpha value is -2.48. The van der Waals surface area contributed by atoms with Crippen molar-refractivity contribution in [3.63, 3.8) is 0 Å². The molecule has 26 heavy (non-hydrogen) atoms. The molecule has 4 heterocycles. The van der Waals surface area contributed by atoms with Gasteiger partial charge in [0.25, 0.3) is 5.91 Å². The second-order valence-electron chi connectivity index (χ2n) is 7.06. The molecule has 0 saturated carbocycles. The fourth-order valence-corrected chi connectivity index (χ4v) is 4.16. The number of hydrogen-bond acceptors (Lipinski definition) is 4. The van der Waals surface area contributed by atoms with Crippen molar-refractivity contribution in [2.45, 2.75) is 19.3 Å². The molecule has 0 aliphatic carbocycles. The van der Waals surface area contributed by atoms with Crippen LogP contribution in [0.1, 0.15) is 29.8 Å². The van der Waals surface area contributed by atoms with Gasteiger partial charge in [-0.15, -0.1) is 0 Å². The topological polar surface area (TPSA) is 78.2 Å². The number of fused-ring (bicyclic) bond motifs is 1. The Balaban J connectivity index is 1.57. The molecule has 138 valence electrons. The van der Waals surface area contributed by atoms with Gasteiger partial charge in [0.05, 0.1) is 12.0 Å². The van der Waals surface area contributed by atoms with Crippen LogP contribution in [-0.4, -0.2) is 68.9 Å². The monoisotopic (exact) mass is 360 g/mol. The highest BCUT2D eigenvalue weighted by molar-refractivity contribution is 5.94. The van der Waals surface area contributed by atoms with Gasteiger partial charge in [0.1, 0.15) is 5.65 Å². The van der Waals surface area contributed by atoms with Crippen LogP contribution in [0.15, 0.2) is 24.4 Å². The third-order valence-corrected chi connectivity index (χ3v) is 5.51. The quantitative estimate of drug-likeness (QED) is 0.883. The largest absolute Gasteiger partial charge is 0.395 e. The lowest BCUT2D eigenvalue weighted by molar-refractivity contribution is -0.146. The molecule has 2 saturated heterocycles. The lowest BCUT2D eigenvalue weighted by Crippen LogP contribution is -2.51. The summed E-state index contributed by atoms with van der Waals surface area (Å²) in [7, 11) is 0. The van der Waals surface area contributed by atoms with Gasteiger partial charge >= 0.3 is 0 Å². The highest BCUT2D eigenvalue weighted by Gasteiger charge is 2.49. The third-order valence-electron chi connectivity index (χ3n) is 5.51. The van der Waals surface area contributed by atoms with E-state index >= 15 is 0 Å². The minimum absolute atomic E-state index is 0.0106. The van der Waals surface area contributed by atoms with Crippen LogP contribution >= 0.6 is 0 Å². The van der Waals surface area contributed by atoms with Gasteiger partial charge in [0, 0.05) is 32.4 Å². The van der Waals surface area contributed by atoms with Crippen LogP contribution in [0, 0.1) is 11.4 Å². The standard InChI is InChI=1S/C18H21FN4O3/c19-15-14(20-13-4-1-2-8-23(13)15)16(25)22-9-6-18(12-22)5-3-7-21(10-11-24)17(18)26/h1-2,4,8,24H,3,5-7,9-12H2. The fourth-order valence-electron chi connectivity index (χ4n) is 4.16. The number of β-amino-alcohol motifs (C(OH)–C–C–N with tert-alkyl or cyclic N) is 1. The van der Waals surface area contributed by atoms with Gasteiger partial charge in [-0.05, 0) is 31.4 Å². The van der Waals surface area contributed by atoms with Crippen molar-refractivity contribution in [3.05, 3.63) is 36.0 Å². The lowest BCUT2D eigenvalue weighted by atomic mass is 9.78. The zero-order chi connectivity index (χ0) is 18.3. The molecule has 7 nitrogen and oxygen atoms in total. The van der Waals surface area contributed by atoms with E-state index in [0.717, 1.165) is 6.42 Å². The third kappa shape index (κ3) is 2.56. The summed E-state index contributed by atoms with van der Waals surface area (Å²) < 4.78 is 15.8. The van der Waals surface area contributed by atoms with Crippen LogP contribution in [0.25, 0.3) is 5.65 Å². The molecule has 4 rings (SSSR count). The number of rotatable bonds is 3. The molecule has 8 heteroatoms. The molecule has 2 aromatic rings. The number of carbonyl (C=O) groups is 2. The van der Waals surface area contributed by atoms with Crippen LogP contribution in [-0.2, 0) is 4.79 Å². The van der Waals surface area contributed by atoms with E-state index in [1.807, 2.05) is 0 Å². The van der Waals surface area contributed by atoms with Crippen LogP contribution < -0.4 is 0 Å². The molecule has 0 radical (unpaired) electrons. The Bertz CT molecular complexity index is 865. The first-order valence-corrected chi connectivity index (χ1v) is 8.88. The molecular weight excluding hydrogens is 339 g/mol. The number of nitrogens with zero attached hydrogens (tertiary/aromatic N) is 4. The molecule has 1 N–H and O–H groups in total. The van der Waals surface area contributed by atoms with Crippen molar-refractivity contribution >= 4 is 17.5 Å². The maximum atomic E-state index is 14.6. The lowest BCUT2D eigenvalue weighted by Gasteiger charge is -2.39. The van der Waals surface area contributed by atoms with E-state index in [4.69, 9.17) is 5.11 Å². The molecule has 2 aliphatic heterocycles. The number of aliphatic hydroxyl groups excluding tert-OH is 1. The van der Waals surface area contributed by atoms with Crippen LogP contribution in [0.2, 0.25) is 0 Å². The number of aromatic nitrogens is 2. The van der Waals surface area contributed by atoms with Crippen molar-refractivity contribution in [2.75, 3.05) is 32.8 Å². The van der Waals surface area contributed by atoms with Crippen molar-refractivity contribution in [1.82, 2.24) is 19.2 Å². The Labute approximate surface area is 150 Å². The number of pyridine rings is 1. The molecule has 1 unspecified atom stereocenters. The average molecular weight is 360 g/mol. The highest BCUT2D eigenvalue weighted by atomic mass is 19.1. The SMILES string of the molecule is O=C(c1nc2ccccn2c1F)N1CCC2(CCCN(CCO)C2=O)C1. The Morgan fingerprint density at radius 2 is 2.15 bits per heavy atom. The molecule has 2 fully saturated rings. The second kappa shape index (κ2) is 6.35. The molecule has 2 amide bonds. The zero-order valence-corrected chi connectivity index (χ0v) is 14.4. The van der Waals surface area contributed by atoms with Crippen LogP contribution in [0.4, 0.5) is 4.39 Å². The number of halogens is 1. The van der Waals surface area contributed by atoms with Crippen molar-refractivity contribution in [1.29, 1.82) is 0 Å². The Morgan fingerprint density at radius 3 is 2.92 bits per heavy atom.